The van der Waals surface area contributed by atoms with Gasteiger partial charge in [0.05, 0.1) is 9.82 Å². The van der Waals surface area contributed by atoms with Gasteiger partial charge in [-0.2, -0.15) is 0 Å². The van der Waals surface area contributed by atoms with Crippen molar-refractivity contribution in [1.29, 1.82) is 0 Å². The summed E-state index contributed by atoms with van der Waals surface area (Å²) in [6, 6.07) is 3.67. The lowest BCUT2D eigenvalue weighted by molar-refractivity contribution is -0.384. The first kappa shape index (κ1) is 16.1. The van der Waals surface area contributed by atoms with E-state index in [0.29, 0.717) is 13.1 Å². The summed E-state index contributed by atoms with van der Waals surface area (Å²) in [6.07, 6.45) is 3.43. The van der Waals surface area contributed by atoms with Gasteiger partial charge in [-0.05, 0) is 19.2 Å². The highest BCUT2D eigenvalue weighted by atomic mass is 32.2. The monoisotopic (exact) mass is 300 g/mol. The molecule has 9 heteroatoms. The Labute approximate surface area is 116 Å². The van der Waals surface area contributed by atoms with Gasteiger partial charge in [0.1, 0.15) is 5.69 Å². The van der Waals surface area contributed by atoms with Crippen LogP contribution in [-0.4, -0.2) is 33.5 Å². The zero-order valence-electron chi connectivity index (χ0n) is 10.9. The van der Waals surface area contributed by atoms with Gasteiger partial charge in [-0.15, -0.1) is 0 Å². The SMILES string of the molecule is CNS(=O)(=O)c1ccc(NC/C=C/CN)c([N+](=O)[O-])c1. The minimum absolute atomic E-state index is 0.158. The average molecular weight is 300 g/mol. The zero-order chi connectivity index (χ0) is 15.2. The van der Waals surface area contributed by atoms with Crippen LogP contribution in [0.3, 0.4) is 0 Å². The van der Waals surface area contributed by atoms with Crippen LogP contribution in [0.25, 0.3) is 0 Å². The van der Waals surface area contributed by atoms with Crippen molar-refractivity contribution in [3.05, 3.63) is 40.5 Å². The van der Waals surface area contributed by atoms with E-state index in [9.17, 15) is 18.5 Å². The fraction of sp³-hybridized carbons (Fsp3) is 0.273. The van der Waals surface area contributed by atoms with Crippen molar-refractivity contribution in [3.63, 3.8) is 0 Å². The van der Waals surface area contributed by atoms with E-state index < -0.39 is 14.9 Å². The van der Waals surface area contributed by atoms with Crippen LogP contribution in [0.2, 0.25) is 0 Å². The molecule has 1 aromatic rings. The predicted molar refractivity (Wildman–Crippen MR) is 76.0 cm³/mol. The van der Waals surface area contributed by atoms with Crippen LogP contribution in [0.1, 0.15) is 0 Å². The molecule has 0 radical (unpaired) electrons. The molecule has 0 aliphatic carbocycles. The molecule has 0 aliphatic heterocycles. The first-order chi connectivity index (χ1) is 9.42. The molecule has 0 fully saturated rings. The zero-order valence-corrected chi connectivity index (χ0v) is 11.7. The standard InChI is InChI=1S/C11H16N4O4S/c1-13-20(18,19)9-4-5-10(11(8-9)15(16)17)14-7-3-2-6-12/h2-5,8,13-14H,6-7,12H2,1H3/b3-2+. The van der Waals surface area contributed by atoms with Crippen molar-refractivity contribution in [2.24, 2.45) is 5.73 Å². The molecule has 20 heavy (non-hydrogen) atoms. The molecule has 0 spiro atoms. The van der Waals surface area contributed by atoms with Gasteiger partial charge in [0.2, 0.25) is 10.0 Å². The number of benzene rings is 1. The summed E-state index contributed by atoms with van der Waals surface area (Å²) < 4.78 is 25.3. The quantitative estimate of drug-likeness (QED) is 0.380. The van der Waals surface area contributed by atoms with E-state index in [1.807, 2.05) is 0 Å². The van der Waals surface area contributed by atoms with Crippen LogP contribution < -0.4 is 15.8 Å². The molecule has 0 aliphatic rings. The summed E-state index contributed by atoms with van der Waals surface area (Å²) >= 11 is 0. The van der Waals surface area contributed by atoms with Crippen molar-refractivity contribution in [1.82, 2.24) is 4.72 Å². The molecular weight excluding hydrogens is 284 g/mol. The minimum Gasteiger partial charge on any atom is -0.376 e. The van der Waals surface area contributed by atoms with E-state index in [0.717, 1.165) is 6.07 Å². The lowest BCUT2D eigenvalue weighted by atomic mass is 10.2. The van der Waals surface area contributed by atoms with Crippen molar-refractivity contribution in [3.8, 4) is 0 Å². The van der Waals surface area contributed by atoms with Crippen LogP contribution in [-0.2, 0) is 10.0 Å². The third-order valence-corrected chi connectivity index (χ3v) is 3.87. The number of nitrogens with zero attached hydrogens (tertiary/aromatic N) is 1. The van der Waals surface area contributed by atoms with Gasteiger partial charge in [0.15, 0.2) is 0 Å². The Morgan fingerprint density at radius 1 is 1.40 bits per heavy atom. The Kier molecular flexibility index (Phi) is 5.62. The fourth-order valence-electron chi connectivity index (χ4n) is 1.45. The van der Waals surface area contributed by atoms with Crippen LogP contribution in [0.4, 0.5) is 11.4 Å². The molecule has 1 aromatic carbocycles. The summed E-state index contributed by atoms with van der Waals surface area (Å²) in [5.74, 6) is 0. The predicted octanol–water partition coefficient (Wildman–Crippen LogP) is 0.430. The summed E-state index contributed by atoms with van der Waals surface area (Å²) in [4.78, 5) is 10.2. The number of rotatable bonds is 7. The molecular formula is C11H16N4O4S. The van der Waals surface area contributed by atoms with Crippen molar-refractivity contribution < 1.29 is 13.3 Å². The van der Waals surface area contributed by atoms with Crippen LogP contribution >= 0.6 is 0 Å². The van der Waals surface area contributed by atoms with Gasteiger partial charge in [0.25, 0.3) is 5.69 Å². The molecule has 0 saturated heterocycles. The van der Waals surface area contributed by atoms with Gasteiger partial charge in [-0.3, -0.25) is 10.1 Å². The van der Waals surface area contributed by atoms with E-state index in [4.69, 9.17) is 5.73 Å². The lowest BCUT2D eigenvalue weighted by Gasteiger charge is -2.07. The number of nitrogens with two attached hydrogens (primary N) is 1. The van der Waals surface area contributed by atoms with Crippen molar-refractivity contribution >= 4 is 21.4 Å². The molecule has 110 valence electrons. The topological polar surface area (TPSA) is 127 Å². The highest BCUT2D eigenvalue weighted by Gasteiger charge is 2.19. The molecule has 8 nitrogen and oxygen atoms in total. The molecule has 0 heterocycles. The highest BCUT2D eigenvalue weighted by molar-refractivity contribution is 7.89. The molecule has 0 amide bonds. The second kappa shape index (κ2) is 6.98. The summed E-state index contributed by atoms with van der Waals surface area (Å²) in [5, 5.41) is 13.8. The molecule has 0 aromatic heterocycles. The maximum atomic E-state index is 11.6. The Hall–Kier alpha value is -1.97. The van der Waals surface area contributed by atoms with Crippen molar-refractivity contribution in [2.75, 3.05) is 25.5 Å². The third-order valence-electron chi connectivity index (χ3n) is 2.46. The number of hydrogen-bond acceptors (Lipinski definition) is 6. The number of hydrogen-bond donors (Lipinski definition) is 3. The minimum atomic E-state index is -3.71. The largest absolute Gasteiger partial charge is 0.376 e. The van der Waals surface area contributed by atoms with Gasteiger partial charge >= 0.3 is 0 Å². The summed E-state index contributed by atoms with van der Waals surface area (Å²) in [6.45, 7) is 0.735. The highest BCUT2D eigenvalue weighted by Crippen LogP contribution is 2.27. The Morgan fingerprint density at radius 2 is 2.10 bits per heavy atom. The van der Waals surface area contributed by atoms with E-state index in [2.05, 4.69) is 10.0 Å². The fourth-order valence-corrected chi connectivity index (χ4v) is 2.20. The van der Waals surface area contributed by atoms with E-state index in [1.54, 1.807) is 12.2 Å². The molecule has 0 saturated carbocycles. The van der Waals surface area contributed by atoms with Crippen LogP contribution in [0.5, 0.6) is 0 Å². The van der Waals surface area contributed by atoms with E-state index >= 15 is 0 Å². The maximum absolute atomic E-state index is 11.6. The number of nitro groups is 1. The number of nitrogens with one attached hydrogen (secondary N) is 2. The summed E-state index contributed by atoms with van der Waals surface area (Å²) in [7, 11) is -2.47. The Balaban J connectivity index is 3.09. The Morgan fingerprint density at radius 3 is 2.65 bits per heavy atom. The molecule has 0 bridgehead atoms. The van der Waals surface area contributed by atoms with Gasteiger partial charge in [-0.25, -0.2) is 13.1 Å². The summed E-state index contributed by atoms with van der Waals surface area (Å²) in [5.41, 5.74) is 5.21. The number of sulfonamides is 1. The van der Waals surface area contributed by atoms with Crippen molar-refractivity contribution in [2.45, 2.75) is 4.90 Å². The Bertz CT molecular complexity index is 613. The first-order valence-corrected chi connectivity index (χ1v) is 7.21. The van der Waals surface area contributed by atoms with E-state index in [1.165, 1.54) is 19.2 Å². The van der Waals surface area contributed by atoms with Gasteiger partial charge in [-0.1, -0.05) is 12.2 Å². The third kappa shape index (κ3) is 4.02. The number of anilines is 1. The molecule has 0 atom stereocenters. The van der Waals surface area contributed by atoms with Gasteiger partial charge < -0.3 is 11.1 Å². The molecule has 1 rings (SSSR count). The normalized spacial score (nSPS) is 11.7. The van der Waals surface area contributed by atoms with Crippen LogP contribution in [0.15, 0.2) is 35.2 Å². The molecule has 0 unspecified atom stereocenters. The smallest absolute Gasteiger partial charge is 0.293 e. The number of nitro benzene ring substituents is 1. The van der Waals surface area contributed by atoms with Crippen LogP contribution in [0, 0.1) is 10.1 Å². The maximum Gasteiger partial charge on any atom is 0.293 e. The second-order valence-electron chi connectivity index (χ2n) is 3.73. The van der Waals surface area contributed by atoms with Gasteiger partial charge in [0, 0.05) is 19.2 Å². The lowest BCUT2D eigenvalue weighted by Crippen LogP contribution is -2.18. The second-order valence-corrected chi connectivity index (χ2v) is 5.62. The first-order valence-electron chi connectivity index (χ1n) is 5.73. The average Bonchev–Trinajstić information content (AvgIpc) is 2.43. The molecule has 4 N–H and O–H groups in total. The van der Waals surface area contributed by atoms with E-state index in [-0.39, 0.29) is 16.3 Å².